The van der Waals surface area contributed by atoms with Crippen LogP contribution in [0.15, 0.2) is 24.3 Å². The highest BCUT2D eigenvalue weighted by atomic mass is 19.3. The van der Waals surface area contributed by atoms with Crippen LogP contribution >= 0.6 is 0 Å². The number of halogens is 2. The lowest BCUT2D eigenvalue weighted by Crippen LogP contribution is -2.43. The van der Waals surface area contributed by atoms with Gasteiger partial charge in [0.25, 0.3) is 0 Å². The van der Waals surface area contributed by atoms with E-state index in [1.54, 1.807) is 12.1 Å². The summed E-state index contributed by atoms with van der Waals surface area (Å²) in [4.78, 5) is 0. The van der Waals surface area contributed by atoms with Gasteiger partial charge in [-0.3, -0.25) is 0 Å². The third kappa shape index (κ3) is 5.10. The van der Waals surface area contributed by atoms with Gasteiger partial charge in [-0.25, -0.2) is 0 Å². The SMILES string of the molecule is CCCC1COC(C2COC(c3ccc(OC(F)F)cc3)OC2)OC1. The molecule has 0 N–H and O–H groups in total. The second-order valence-corrected chi connectivity index (χ2v) is 6.40. The van der Waals surface area contributed by atoms with Gasteiger partial charge in [0.2, 0.25) is 0 Å². The average molecular weight is 358 g/mol. The lowest BCUT2D eigenvalue weighted by molar-refractivity contribution is -0.283. The molecule has 1 aromatic carbocycles. The number of ether oxygens (including phenoxy) is 5. The minimum absolute atomic E-state index is 0.0280. The van der Waals surface area contributed by atoms with Crippen molar-refractivity contribution in [1.29, 1.82) is 0 Å². The first kappa shape index (κ1) is 18.5. The first-order valence-electron chi connectivity index (χ1n) is 8.67. The van der Waals surface area contributed by atoms with E-state index >= 15 is 0 Å². The van der Waals surface area contributed by atoms with Gasteiger partial charge in [-0.05, 0) is 18.6 Å². The third-order valence-electron chi connectivity index (χ3n) is 4.37. The van der Waals surface area contributed by atoms with Crippen LogP contribution < -0.4 is 4.74 Å². The molecule has 7 heteroatoms. The lowest BCUT2D eigenvalue weighted by atomic mass is 10.0. The molecular weight excluding hydrogens is 334 g/mol. The van der Waals surface area contributed by atoms with Crippen molar-refractivity contribution in [3.8, 4) is 5.75 Å². The molecule has 2 saturated heterocycles. The largest absolute Gasteiger partial charge is 0.435 e. The van der Waals surface area contributed by atoms with Gasteiger partial charge < -0.3 is 23.7 Å². The van der Waals surface area contributed by atoms with E-state index < -0.39 is 12.9 Å². The van der Waals surface area contributed by atoms with Crippen molar-refractivity contribution in [3.63, 3.8) is 0 Å². The lowest BCUT2D eigenvalue weighted by Gasteiger charge is -2.37. The zero-order chi connectivity index (χ0) is 17.6. The summed E-state index contributed by atoms with van der Waals surface area (Å²) < 4.78 is 51.8. The van der Waals surface area contributed by atoms with Gasteiger partial charge >= 0.3 is 6.61 Å². The number of benzene rings is 1. The molecule has 3 rings (SSSR count). The molecule has 1 aromatic rings. The summed E-state index contributed by atoms with van der Waals surface area (Å²) >= 11 is 0. The highest BCUT2D eigenvalue weighted by Gasteiger charge is 2.33. The Morgan fingerprint density at radius 3 is 2.20 bits per heavy atom. The van der Waals surface area contributed by atoms with E-state index in [-0.39, 0.29) is 18.0 Å². The van der Waals surface area contributed by atoms with Crippen LogP contribution in [0.2, 0.25) is 0 Å². The molecule has 0 spiro atoms. The number of hydrogen-bond donors (Lipinski definition) is 0. The molecule has 0 saturated carbocycles. The van der Waals surface area contributed by atoms with Crippen LogP contribution in [0.25, 0.3) is 0 Å². The molecule has 140 valence electrons. The maximum absolute atomic E-state index is 12.2. The maximum Gasteiger partial charge on any atom is 0.387 e. The van der Waals surface area contributed by atoms with Crippen LogP contribution in [-0.4, -0.2) is 39.3 Å². The fourth-order valence-corrected chi connectivity index (χ4v) is 3.08. The predicted octanol–water partition coefficient (Wildman–Crippen LogP) is 3.74. The molecule has 2 aliphatic rings. The van der Waals surface area contributed by atoms with E-state index in [1.807, 2.05) is 0 Å². The van der Waals surface area contributed by atoms with Gasteiger partial charge in [-0.1, -0.05) is 25.5 Å². The topological polar surface area (TPSA) is 46.2 Å². The zero-order valence-corrected chi connectivity index (χ0v) is 14.2. The molecule has 0 bridgehead atoms. The van der Waals surface area contributed by atoms with E-state index in [1.165, 1.54) is 12.1 Å². The second-order valence-electron chi connectivity index (χ2n) is 6.40. The van der Waals surface area contributed by atoms with Crippen molar-refractivity contribution >= 4 is 0 Å². The third-order valence-corrected chi connectivity index (χ3v) is 4.37. The second kappa shape index (κ2) is 8.89. The average Bonchev–Trinajstić information content (AvgIpc) is 2.63. The van der Waals surface area contributed by atoms with Crippen LogP contribution in [-0.2, 0) is 18.9 Å². The van der Waals surface area contributed by atoms with E-state index in [9.17, 15) is 8.78 Å². The van der Waals surface area contributed by atoms with Crippen molar-refractivity contribution in [3.05, 3.63) is 29.8 Å². The van der Waals surface area contributed by atoms with Crippen molar-refractivity contribution < 1.29 is 32.5 Å². The minimum Gasteiger partial charge on any atom is -0.435 e. The quantitative estimate of drug-likeness (QED) is 0.775. The molecule has 0 aromatic heterocycles. The molecule has 0 unspecified atom stereocenters. The predicted molar refractivity (Wildman–Crippen MR) is 85.3 cm³/mol. The molecule has 5 nitrogen and oxygen atoms in total. The Bertz CT molecular complexity index is 509. The number of alkyl halides is 2. The van der Waals surface area contributed by atoms with Crippen molar-refractivity contribution in [2.45, 2.75) is 39.0 Å². The van der Waals surface area contributed by atoms with Crippen LogP contribution in [0.4, 0.5) is 8.78 Å². The molecule has 0 aliphatic carbocycles. The van der Waals surface area contributed by atoms with Gasteiger partial charge in [0.1, 0.15) is 5.75 Å². The Morgan fingerprint density at radius 2 is 1.64 bits per heavy atom. The fraction of sp³-hybridized carbons (Fsp3) is 0.667. The van der Waals surface area contributed by atoms with Crippen LogP contribution in [0.3, 0.4) is 0 Å². The summed E-state index contributed by atoms with van der Waals surface area (Å²) in [6, 6.07) is 6.26. The van der Waals surface area contributed by atoms with Crippen molar-refractivity contribution in [2.75, 3.05) is 26.4 Å². The Balaban J connectivity index is 1.46. The minimum atomic E-state index is -2.83. The number of rotatable bonds is 6. The van der Waals surface area contributed by atoms with E-state index in [0.29, 0.717) is 32.3 Å². The highest BCUT2D eigenvalue weighted by Crippen LogP contribution is 2.30. The summed E-state index contributed by atoms with van der Waals surface area (Å²) in [6.45, 7) is 1.67. The van der Waals surface area contributed by atoms with Crippen LogP contribution in [0.5, 0.6) is 5.75 Å². The molecule has 0 radical (unpaired) electrons. The smallest absolute Gasteiger partial charge is 0.387 e. The Morgan fingerprint density at radius 1 is 1.00 bits per heavy atom. The first-order chi connectivity index (χ1) is 12.2. The molecule has 2 aliphatic heterocycles. The Hall–Kier alpha value is -1.28. The van der Waals surface area contributed by atoms with Gasteiger partial charge in [0, 0.05) is 11.5 Å². The maximum atomic E-state index is 12.2. The summed E-state index contributed by atoms with van der Waals surface area (Å²) in [5.74, 6) is 0.603. The fourth-order valence-electron chi connectivity index (χ4n) is 3.08. The van der Waals surface area contributed by atoms with Gasteiger partial charge in [0.15, 0.2) is 12.6 Å². The van der Waals surface area contributed by atoms with Gasteiger partial charge in [-0.2, -0.15) is 8.78 Å². The summed E-state index contributed by atoms with van der Waals surface area (Å²) in [5, 5.41) is 0. The van der Waals surface area contributed by atoms with Gasteiger partial charge in [0.05, 0.1) is 32.3 Å². The van der Waals surface area contributed by atoms with Crippen LogP contribution in [0.1, 0.15) is 31.6 Å². The highest BCUT2D eigenvalue weighted by molar-refractivity contribution is 5.28. The van der Waals surface area contributed by atoms with Crippen molar-refractivity contribution in [1.82, 2.24) is 0 Å². The van der Waals surface area contributed by atoms with E-state index in [4.69, 9.17) is 18.9 Å². The summed E-state index contributed by atoms with van der Waals surface area (Å²) in [6.07, 6.45) is 1.42. The number of hydrogen-bond acceptors (Lipinski definition) is 5. The molecule has 2 heterocycles. The van der Waals surface area contributed by atoms with E-state index in [2.05, 4.69) is 11.7 Å². The monoisotopic (exact) mass is 358 g/mol. The Kier molecular flexibility index (Phi) is 6.58. The first-order valence-corrected chi connectivity index (χ1v) is 8.67. The molecule has 0 atom stereocenters. The molecule has 25 heavy (non-hydrogen) atoms. The van der Waals surface area contributed by atoms with Crippen molar-refractivity contribution in [2.24, 2.45) is 11.8 Å². The van der Waals surface area contributed by atoms with Crippen LogP contribution in [0, 0.1) is 11.8 Å². The zero-order valence-electron chi connectivity index (χ0n) is 14.2. The summed E-state index contributed by atoms with van der Waals surface area (Å²) in [7, 11) is 0. The van der Waals surface area contributed by atoms with Gasteiger partial charge in [-0.15, -0.1) is 0 Å². The molecular formula is C18H24F2O5. The van der Waals surface area contributed by atoms with E-state index in [0.717, 1.165) is 18.4 Å². The Labute approximate surface area is 146 Å². The molecule has 2 fully saturated rings. The standard InChI is InChI=1S/C18H24F2O5/c1-2-3-12-8-21-17(22-9-12)14-10-23-16(24-11-14)13-4-6-15(7-5-13)25-18(19)20/h4-7,12,14,16-18H,2-3,8-11H2,1H3. The summed E-state index contributed by atoms with van der Waals surface area (Å²) in [5.41, 5.74) is 0.758. The normalized spacial score (nSPS) is 30.4. The molecule has 0 amide bonds.